The molecule has 0 fully saturated rings. The van der Waals surface area contributed by atoms with E-state index in [9.17, 15) is 25.9 Å². The van der Waals surface area contributed by atoms with Gasteiger partial charge in [-0.2, -0.15) is 16.8 Å². The quantitative estimate of drug-likeness (QED) is 0.0862. The molecule has 0 aliphatic carbocycles. The lowest BCUT2D eigenvalue weighted by atomic mass is 10.2. The van der Waals surface area contributed by atoms with Gasteiger partial charge in [0.15, 0.2) is 0 Å². The van der Waals surface area contributed by atoms with E-state index in [0.29, 0.717) is 21.1 Å². The van der Waals surface area contributed by atoms with Crippen molar-refractivity contribution >= 4 is 139 Å². The molecule has 20 heteroatoms. The molecule has 69 heavy (non-hydrogen) atoms. The van der Waals surface area contributed by atoms with Gasteiger partial charge in [0, 0.05) is 27.8 Å². The van der Waals surface area contributed by atoms with E-state index in [0.717, 1.165) is 78.1 Å². The summed E-state index contributed by atoms with van der Waals surface area (Å²) in [5, 5.41) is 4.11. The van der Waals surface area contributed by atoms with Crippen molar-refractivity contribution in [3.8, 4) is 52.9 Å². The fourth-order valence-electron chi connectivity index (χ4n) is 7.64. The van der Waals surface area contributed by atoms with Crippen LogP contribution < -0.4 is 11.5 Å². The number of thiazole rings is 5. The number of nitrogens with two attached hydrogens (primary N) is 2. The third-order valence-electron chi connectivity index (χ3n) is 11.1. The molecule has 0 saturated carbocycles. The van der Waals surface area contributed by atoms with E-state index in [-0.39, 0.29) is 21.2 Å². The fourth-order valence-corrected chi connectivity index (χ4v) is 14.0. The molecule has 0 saturated heterocycles. The van der Waals surface area contributed by atoms with Gasteiger partial charge in [-0.25, -0.2) is 24.9 Å². The molecule has 0 aliphatic heterocycles. The zero-order chi connectivity index (χ0) is 47.9. The van der Waals surface area contributed by atoms with Crippen LogP contribution in [0.2, 0.25) is 0 Å². The SMILES string of the molecule is Cc1ccc2nc(-c3ccc4nc(-c5ccc(N)c(S(=O)(=O)O)c5)sc4c3)sc2c1.Cc1ccc2nc(-c3ccc4nc(-c5ccc6nc(-c7ccc(N)c(S(=O)(=O)O)c7)sc6c5)sc4c3)sc2c1. The molecule has 0 aliphatic rings. The smallest absolute Gasteiger partial charge is 0.296 e. The summed E-state index contributed by atoms with van der Waals surface area (Å²) in [5.74, 6) is 0. The highest BCUT2D eigenvalue weighted by Crippen LogP contribution is 2.40. The van der Waals surface area contributed by atoms with Crippen LogP contribution in [0, 0.1) is 13.8 Å². The maximum atomic E-state index is 11.7. The summed E-state index contributed by atoms with van der Waals surface area (Å²) in [7, 11) is -8.85. The molecule has 0 atom stereocenters. The Balaban J connectivity index is 0.000000156. The molecule has 12 rings (SSSR count). The summed E-state index contributed by atoms with van der Waals surface area (Å²) in [6.45, 7) is 4.15. The second-order valence-corrected chi connectivity index (χ2v) is 24.0. The minimum atomic E-state index is -4.44. The van der Waals surface area contributed by atoms with Crippen molar-refractivity contribution in [1.29, 1.82) is 0 Å². The third-order valence-corrected chi connectivity index (χ3v) is 18.2. The average Bonchev–Trinajstić information content (AvgIpc) is 4.16. The molecular weight excluding hydrogens is 1010 g/mol. The lowest BCUT2D eigenvalue weighted by Crippen LogP contribution is -2.03. The number of fused-ring (bicyclic) bond motifs is 5. The molecule has 342 valence electrons. The maximum Gasteiger partial charge on any atom is 0.296 e. The summed E-state index contributed by atoms with van der Waals surface area (Å²) in [6.07, 6.45) is 0. The molecule has 5 heterocycles. The molecule has 5 aromatic heterocycles. The number of anilines is 2. The van der Waals surface area contributed by atoms with Crippen LogP contribution in [0.3, 0.4) is 0 Å². The highest BCUT2D eigenvalue weighted by atomic mass is 32.2. The number of benzene rings is 7. The lowest BCUT2D eigenvalue weighted by molar-refractivity contribution is 0.481. The number of hydrogen-bond acceptors (Lipinski definition) is 16. The van der Waals surface area contributed by atoms with Gasteiger partial charge in [0.05, 0.1) is 62.5 Å². The summed E-state index contributed by atoms with van der Waals surface area (Å²) < 4.78 is 70.7. The standard InChI is InChI=1S/C28H18N4O3S4.C21H15N3O3S3/c1-14-2-7-19-22(10-14)36-26(30-19)15-4-8-20-23(11-15)37-27(31-20)16-5-9-21-24(12-16)38-28(32-21)17-3-6-18(29)25(13-17)39(33,34)35;1-11-2-6-15-17(8-11)28-20(23-15)12-4-7-16-18(9-12)29-21(24-16)13-3-5-14(22)19(10-13)30(25,26)27/h2-13H,29H2,1H3,(H,33,34,35);2-10H,22H2,1H3,(H,25,26,27). The zero-order valence-electron chi connectivity index (χ0n) is 35.9. The van der Waals surface area contributed by atoms with E-state index in [4.69, 9.17) is 26.4 Å². The molecule has 12 aromatic rings. The minimum Gasteiger partial charge on any atom is -0.398 e. The summed E-state index contributed by atoms with van der Waals surface area (Å²) in [6, 6.07) is 39.7. The van der Waals surface area contributed by atoms with Crippen LogP contribution in [0.4, 0.5) is 11.4 Å². The molecule has 13 nitrogen and oxygen atoms in total. The van der Waals surface area contributed by atoms with Crippen LogP contribution in [-0.2, 0) is 20.2 Å². The highest BCUT2D eigenvalue weighted by Gasteiger charge is 2.20. The van der Waals surface area contributed by atoms with Crippen molar-refractivity contribution in [3.63, 3.8) is 0 Å². The third kappa shape index (κ3) is 8.86. The predicted octanol–water partition coefficient (Wildman–Crippen LogP) is 13.0. The van der Waals surface area contributed by atoms with E-state index in [1.54, 1.807) is 46.1 Å². The Bertz CT molecular complexity index is 4290. The van der Waals surface area contributed by atoms with Gasteiger partial charge < -0.3 is 11.5 Å². The van der Waals surface area contributed by atoms with E-state index < -0.39 is 20.2 Å². The first kappa shape index (κ1) is 44.9. The number of aromatic nitrogens is 5. The first-order chi connectivity index (χ1) is 33.0. The highest BCUT2D eigenvalue weighted by molar-refractivity contribution is 7.86. The second-order valence-electron chi connectivity index (χ2n) is 16.0. The largest absolute Gasteiger partial charge is 0.398 e. The molecule has 0 radical (unpaired) electrons. The van der Waals surface area contributed by atoms with Crippen molar-refractivity contribution in [2.24, 2.45) is 0 Å². The van der Waals surface area contributed by atoms with Crippen molar-refractivity contribution < 1.29 is 25.9 Å². The first-order valence-electron chi connectivity index (χ1n) is 20.7. The Hall–Kier alpha value is -6.59. The molecule has 0 spiro atoms. The fraction of sp³-hybridized carbons (Fsp3) is 0.0408. The van der Waals surface area contributed by atoms with Crippen LogP contribution in [0.25, 0.3) is 104 Å². The number of rotatable bonds is 7. The molecular formula is C49H33N7O6S7. The van der Waals surface area contributed by atoms with Crippen LogP contribution in [-0.4, -0.2) is 50.9 Å². The number of aryl methyl sites for hydroxylation is 2. The monoisotopic (exact) mass is 1040 g/mol. The van der Waals surface area contributed by atoms with E-state index in [2.05, 4.69) is 66.3 Å². The van der Waals surface area contributed by atoms with Crippen molar-refractivity contribution in [1.82, 2.24) is 24.9 Å². The van der Waals surface area contributed by atoms with Gasteiger partial charge >= 0.3 is 0 Å². The normalized spacial score (nSPS) is 12.1. The Kier molecular flexibility index (Phi) is 11.1. The summed E-state index contributed by atoms with van der Waals surface area (Å²) in [5.41, 5.74) is 22.6. The molecule has 0 amide bonds. The molecule has 0 bridgehead atoms. The Morgan fingerprint density at radius 3 is 0.899 bits per heavy atom. The maximum absolute atomic E-state index is 11.7. The van der Waals surface area contributed by atoms with Gasteiger partial charge in [-0.15, -0.1) is 56.7 Å². The van der Waals surface area contributed by atoms with Crippen molar-refractivity contribution in [2.75, 3.05) is 11.5 Å². The number of hydrogen-bond donors (Lipinski definition) is 4. The van der Waals surface area contributed by atoms with Crippen molar-refractivity contribution in [3.05, 3.63) is 139 Å². The van der Waals surface area contributed by atoms with Gasteiger partial charge in [0.1, 0.15) is 34.8 Å². The average molecular weight is 1040 g/mol. The molecule has 7 aromatic carbocycles. The van der Waals surface area contributed by atoms with Gasteiger partial charge in [-0.05, 0) is 140 Å². The van der Waals surface area contributed by atoms with Gasteiger partial charge in [0.25, 0.3) is 20.2 Å². The van der Waals surface area contributed by atoms with Gasteiger partial charge in [-0.1, -0.05) is 12.1 Å². The van der Waals surface area contributed by atoms with Crippen LogP contribution in [0.5, 0.6) is 0 Å². The summed E-state index contributed by atoms with van der Waals surface area (Å²) in [4.78, 5) is 23.1. The molecule has 0 unspecified atom stereocenters. The number of nitrogens with zero attached hydrogens (tertiary/aromatic N) is 5. The Morgan fingerprint density at radius 1 is 0.362 bits per heavy atom. The molecule has 6 N–H and O–H groups in total. The number of nitrogen functional groups attached to an aromatic ring is 2. The Labute approximate surface area is 413 Å². The lowest BCUT2D eigenvalue weighted by Gasteiger charge is -2.04. The topological polar surface area (TPSA) is 225 Å². The first-order valence-corrected chi connectivity index (χ1v) is 27.7. The van der Waals surface area contributed by atoms with Crippen LogP contribution >= 0.6 is 56.7 Å². The summed E-state index contributed by atoms with van der Waals surface area (Å²) >= 11 is 7.85. The Morgan fingerprint density at radius 2 is 0.609 bits per heavy atom. The van der Waals surface area contributed by atoms with Crippen LogP contribution in [0.1, 0.15) is 11.1 Å². The van der Waals surface area contributed by atoms with E-state index in [1.807, 2.05) is 48.5 Å². The van der Waals surface area contributed by atoms with Gasteiger partial charge in [-0.3, -0.25) is 9.11 Å². The predicted molar refractivity (Wildman–Crippen MR) is 284 cm³/mol. The second kappa shape index (κ2) is 17.1. The minimum absolute atomic E-state index is 0.00396. The van der Waals surface area contributed by atoms with Crippen LogP contribution in [0.15, 0.2) is 137 Å². The zero-order valence-corrected chi connectivity index (χ0v) is 41.6. The van der Waals surface area contributed by atoms with Crippen molar-refractivity contribution in [2.45, 2.75) is 23.6 Å². The van der Waals surface area contributed by atoms with E-state index in [1.165, 1.54) is 62.8 Å². The van der Waals surface area contributed by atoms with Gasteiger partial charge in [0.2, 0.25) is 0 Å². The van der Waals surface area contributed by atoms with E-state index >= 15 is 0 Å².